The average molecular weight is 707 g/mol. The number of esters is 1. The first-order valence-electron chi connectivity index (χ1n) is 18.8. The van der Waals surface area contributed by atoms with Gasteiger partial charge in [-0.25, -0.2) is 4.79 Å². The van der Waals surface area contributed by atoms with Gasteiger partial charge in [0.15, 0.2) is 6.10 Å². The van der Waals surface area contributed by atoms with E-state index in [1.165, 1.54) is 0 Å². The van der Waals surface area contributed by atoms with Crippen LogP contribution >= 0.6 is 0 Å². The van der Waals surface area contributed by atoms with Crippen LogP contribution in [0, 0.1) is 11.8 Å². The molecule has 0 aromatic heterocycles. The maximum atomic E-state index is 13.6. The number of carbonyl (C=O) groups excluding carboxylic acids is 2. The monoisotopic (exact) mass is 706 g/mol. The van der Waals surface area contributed by atoms with Gasteiger partial charge in [0.25, 0.3) is 0 Å². The van der Waals surface area contributed by atoms with Gasteiger partial charge >= 0.3 is 12.1 Å². The molecule has 3 aliphatic rings. The molecule has 0 spiro atoms. The van der Waals surface area contributed by atoms with Crippen molar-refractivity contribution in [3.05, 3.63) is 36.0 Å². The van der Waals surface area contributed by atoms with Gasteiger partial charge in [-0.3, -0.25) is 4.79 Å². The minimum atomic E-state index is -1.14. The summed E-state index contributed by atoms with van der Waals surface area (Å²) in [6.07, 6.45) is 10.2. The Morgan fingerprint density at radius 2 is 1.96 bits per heavy atom. The number of nitrogens with zero attached hydrogens (tertiary/aromatic N) is 2. The van der Waals surface area contributed by atoms with Crippen molar-refractivity contribution in [2.24, 2.45) is 11.8 Å². The molecule has 0 radical (unpaired) electrons. The molecule has 0 aromatic rings. The predicted octanol–water partition coefficient (Wildman–Crippen LogP) is 5.17. The van der Waals surface area contributed by atoms with Crippen molar-refractivity contribution >= 4 is 12.1 Å². The van der Waals surface area contributed by atoms with Crippen LogP contribution in [-0.2, 0) is 23.7 Å². The highest BCUT2D eigenvalue weighted by atomic mass is 16.6. The molecule has 1 amide bonds. The lowest BCUT2D eigenvalue weighted by atomic mass is 9.88. The summed E-state index contributed by atoms with van der Waals surface area (Å²) in [4.78, 5) is 30.7. The van der Waals surface area contributed by atoms with E-state index in [0.29, 0.717) is 32.4 Å². The van der Waals surface area contributed by atoms with E-state index < -0.39 is 47.7 Å². The molecule has 11 heteroatoms. The molecule has 3 heterocycles. The molecule has 3 rings (SSSR count). The van der Waals surface area contributed by atoms with Crippen LogP contribution in [0.25, 0.3) is 0 Å². The zero-order valence-electron chi connectivity index (χ0n) is 31.9. The third-order valence-electron chi connectivity index (χ3n) is 10.7. The van der Waals surface area contributed by atoms with E-state index in [1.807, 2.05) is 52.8 Å². The molecule has 0 bridgehead atoms. The number of cyclic esters (lactones) is 1. The van der Waals surface area contributed by atoms with Gasteiger partial charge in [-0.05, 0) is 77.6 Å². The molecule has 286 valence electrons. The lowest BCUT2D eigenvalue weighted by molar-refractivity contribution is -0.151. The Labute approximate surface area is 300 Å². The molecule has 10 atom stereocenters. The third-order valence-corrected chi connectivity index (χ3v) is 10.7. The predicted molar refractivity (Wildman–Crippen MR) is 194 cm³/mol. The highest BCUT2D eigenvalue weighted by molar-refractivity contribution is 5.70. The zero-order valence-corrected chi connectivity index (χ0v) is 31.9. The highest BCUT2D eigenvalue weighted by Gasteiger charge is 2.47. The van der Waals surface area contributed by atoms with Gasteiger partial charge in [-0.15, -0.1) is 0 Å². The molecule has 0 saturated carbocycles. The van der Waals surface area contributed by atoms with Gasteiger partial charge in [-0.1, -0.05) is 58.4 Å². The first-order valence-corrected chi connectivity index (χ1v) is 18.8. The van der Waals surface area contributed by atoms with E-state index in [0.717, 1.165) is 44.5 Å². The fourth-order valence-corrected chi connectivity index (χ4v) is 6.95. The zero-order chi connectivity index (χ0) is 37.1. The van der Waals surface area contributed by atoms with E-state index in [-0.39, 0.29) is 36.9 Å². The van der Waals surface area contributed by atoms with E-state index in [2.05, 4.69) is 11.8 Å². The van der Waals surface area contributed by atoms with E-state index in [1.54, 1.807) is 31.1 Å². The minimum absolute atomic E-state index is 0.00349. The number of ether oxygens (including phenoxy) is 4. The largest absolute Gasteiger partial charge is 0.457 e. The molecular weight excluding hydrogens is 640 g/mol. The van der Waals surface area contributed by atoms with Crippen LogP contribution in [-0.4, -0.2) is 125 Å². The summed E-state index contributed by atoms with van der Waals surface area (Å²) in [6.45, 7) is 17.5. The molecular formula is C39H66N2O9. The number of epoxide rings is 1. The Kier molecular flexibility index (Phi) is 16.5. The summed E-state index contributed by atoms with van der Waals surface area (Å²) in [5.41, 5.74) is -1.34. The Bertz CT molecular complexity index is 1170. The number of allylic oxidation sites excluding steroid dienone is 2. The number of rotatable bonds is 13. The van der Waals surface area contributed by atoms with E-state index in [4.69, 9.17) is 18.9 Å². The van der Waals surface area contributed by atoms with Crippen LogP contribution < -0.4 is 0 Å². The van der Waals surface area contributed by atoms with Crippen molar-refractivity contribution in [1.29, 1.82) is 0 Å². The number of carbonyl (C=O) groups is 2. The first-order chi connectivity index (χ1) is 23.6. The van der Waals surface area contributed by atoms with Crippen molar-refractivity contribution in [3.8, 4) is 0 Å². The molecule has 10 unspecified atom stereocenters. The molecule has 11 nitrogen and oxygen atoms in total. The number of unbranched alkanes of at least 4 members (excludes halogenated alkanes) is 1. The summed E-state index contributed by atoms with van der Waals surface area (Å²) < 4.78 is 23.8. The number of aliphatic hydroxyl groups excluding tert-OH is 2. The van der Waals surface area contributed by atoms with Crippen molar-refractivity contribution in [2.45, 2.75) is 148 Å². The van der Waals surface area contributed by atoms with Gasteiger partial charge in [0.1, 0.15) is 11.7 Å². The second-order valence-electron chi connectivity index (χ2n) is 15.2. The van der Waals surface area contributed by atoms with Gasteiger partial charge in [0.05, 0.1) is 36.4 Å². The molecule has 0 aliphatic carbocycles. The number of hydrogen-bond donors (Lipinski definition) is 3. The average Bonchev–Trinajstić information content (AvgIpc) is 3.87. The van der Waals surface area contributed by atoms with Crippen molar-refractivity contribution in [2.75, 3.05) is 39.8 Å². The topological polar surface area (TPSA) is 142 Å². The summed E-state index contributed by atoms with van der Waals surface area (Å²) in [6, 6.07) is 0. The van der Waals surface area contributed by atoms with Crippen LogP contribution in [0.4, 0.5) is 4.79 Å². The smallest absolute Gasteiger partial charge is 0.410 e. The molecule has 2 fully saturated rings. The Morgan fingerprint density at radius 1 is 1.22 bits per heavy atom. The molecule has 3 aliphatic heterocycles. The maximum absolute atomic E-state index is 13.6. The van der Waals surface area contributed by atoms with Crippen molar-refractivity contribution < 1.29 is 43.9 Å². The quantitative estimate of drug-likeness (QED) is 0.102. The molecule has 3 N–H and O–H groups in total. The summed E-state index contributed by atoms with van der Waals surface area (Å²) in [5.74, 6) is -0.833. The Balaban J connectivity index is 1.76. The Hall–Kier alpha value is -2.28. The maximum Gasteiger partial charge on any atom is 0.410 e. The fraction of sp³-hybridized carbons (Fsp3) is 0.795. The summed E-state index contributed by atoms with van der Waals surface area (Å²) in [7, 11) is 1.57. The van der Waals surface area contributed by atoms with Crippen molar-refractivity contribution in [1.82, 2.24) is 9.80 Å². The van der Waals surface area contributed by atoms with Crippen LogP contribution in [0.5, 0.6) is 0 Å². The Morgan fingerprint density at radius 3 is 2.64 bits per heavy atom. The second-order valence-corrected chi connectivity index (χ2v) is 15.2. The number of hydrogen-bond acceptors (Lipinski definition) is 10. The van der Waals surface area contributed by atoms with E-state index >= 15 is 0 Å². The summed E-state index contributed by atoms with van der Waals surface area (Å²) in [5, 5.41) is 32.0. The van der Waals surface area contributed by atoms with Gasteiger partial charge in [0.2, 0.25) is 0 Å². The van der Waals surface area contributed by atoms with Gasteiger partial charge < -0.3 is 44.1 Å². The lowest BCUT2D eigenvalue weighted by Gasteiger charge is -2.36. The number of amides is 1. The highest BCUT2D eigenvalue weighted by Crippen LogP contribution is 2.37. The number of methoxy groups -OCH3 is 1. The van der Waals surface area contributed by atoms with Crippen LogP contribution in [0.1, 0.15) is 99.8 Å². The van der Waals surface area contributed by atoms with Crippen LogP contribution in [0.3, 0.4) is 0 Å². The van der Waals surface area contributed by atoms with Gasteiger partial charge in [0, 0.05) is 45.0 Å². The third kappa shape index (κ3) is 12.7. The molecule has 50 heavy (non-hydrogen) atoms. The van der Waals surface area contributed by atoms with Crippen molar-refractivity contribution in [3.63, 3.8) is 0 Å². The minimum Gasteiger partial charge on any atom is -0.457 e. The normalized spacial score (nSPS) is 33.1. The van der Waals surface area contributed by atoms with Crippen LogP contribution in [0.2, 0.25) is 0 Å². The lowest BCUT2D eigenvalue weighted by Crippen LogP contribution is -2.47. The summed E-state index contributed by atoms with van der Waals surface area (Å²) >= 11 is 0. The standard InChI is InChI=1S/C39H66N2O9/c1-9-11-20-40-21-13-22-41(24-23-40)37(45)49-33-16-15-28(4)35(50-34(44)25-30(42)17-19-39(33,7)47-8)27(3)14-12-18-38(6,46)26-32-36(48-32)29(5)31(43)10-2/h12,14-16,18,28-33,35-36,42-43,46H,9-11,13,17,19-26H2,1-8H3. The van der Waals surface area contributed by atoms with E-state index in [9.17, 15) is 24.9 Å². The van der Waals surface area contributed by atoms with Gasteiger partial charge in [-0.2, -0.15) is 0 Å². The number of aliphatic hydroxyl groups is 3. The molecule has 0 aromatic carbocycles. The molecule has 2 saturated heterocycles. The van der Waals surface area contributed by atoms with Crippen LogP contribution in [0.15, 0.2) is 36.0 Å². The fourth-order valence-electron chi connectivity index (χ4n) is 6.95. The first kappa shape index (κ1) is 42.1. The SMILES string of the molecule is CCCCN1CCCN(C(=O)OC2C=CC(C)C(C(C)=CC=CC(C)(O)CC3OC3C(C)C(O)CC)OC(=O)CC(O)CCC2(C)OC)CC1. The second kappa shape index (κ2) is 19.5.